The fourth-order valence-electron chi connectivity index (χ4n) is 3.69. The molecule has 37 heavy (non-hydrogen) atoms. The predicted octanol–water partition coefficient (Wildman–Crippen LogP) is 5.07. The Morgan fingerprint density at radius 3 is 2.16 bits per heavy atom. The Balaban J connectivity index is 2.05. The number of anilines is 1. The Labute approximate surface area is 221 Å². The number of nitrogens with zero attached hydrogens (tertiary/aromatic N) is 1. The van der Waals surface area contributed by atoms with Gasteiger partial charge in [0.1, 0.15) is 6.04 Å². The highest BCUT2D eigenvalue weighted by Gasteiger charge is 2.35. The summed E-state index contributed by atoms with van der Waals surface area (Å²) in [4.78, 5) is 53.8. The van der Waals surface area contributed by atoms with E-state index in [0.29, 0.717) is 28.1 Å². The van der Waals surface area contributed by atoms with Gasteiger partial charge in [-0.05, 0) is 75.4 Å². The first kappa shape index (κ1) is 27.8. The van der Waals surface area contributed by atoms with Crippen LogP contribution in [0, 0.1) is 6.92 Å². The summed E-state index contributed by atoms with van der Waals surface area (Å²) in [5.41, 5.74) is 2.08. The highest BCUT2D eigenvalue weighted by Crippen LogP contribution is 2.30. The minimum Gasteiger partial charge on any atom is -0.349 e. The number of carbonyl (C=O) groups is 4. The molecule has 0 unspecified atom stereocenters. The zero-order valence-electron chi connectivity index (χ0n) is 21.8. The largest absolute Gasteiger partial charge is 0.349 e. The first-order valence-corrected chi connectivity index (χ1v) is 13.0. The number of rotatable bonds is 10. The molecular formula is C29H33N3O4S. The molecule has 0 bridgehead atoms. The summed E-state index contributed by atoms with van der Waals surface area (Å²) in [6.07, 6.45) is 0.692. The van der Waals surface area contributed by atoms with Crippen molar-refractivity contribution in [2.24, 2.45) is 0 Å². The van der Waals surface area contributed by atoms with Gasteiger partial charge >= 0.3 is 0 Å². The molecule has 0 fully saturated rings. The molecule has 8 heteroatoms. The lowest BCUT2D eigenvalue weighted by Gasteiger charge is -2.34. The molecule has 3 amide bonds. The molecule has 0 aliphatic carbocycles. The number of hydrogen-bond donors (Lipinski definition) is 2. The molecule has 0 aliphatic heterocycles. The maximum absolute atomic E-state index is 13.8. The Hall–Kier alpha value is -3.78. The van der Waals surface area contributed by atoms with Gasteiger partial charge in [0, 0.05) is 16.8 Å². The molecule has 1 heterocycles. The quantitative estimate of drug-likeness (QED) is 0.366. The number of amides is 3. The van der Waals surface area contributed by atoms with E-state index in [2.05, 4.69) is 10.6 Å². The van der Waals surface area contributed by atoms with Crippen LogP contribution in [0.5, 0.6) is 0 Å². The van der Waals surface area contributed by atoms with Crippen molar-refractivity contribution in [2.45, 2.75) is 52.6 Å². The SMILES string of the molecule is CCC(C)(C)NC(=O)[C@@H](c1ccc(C)cc1)N(C(=O)CNC(=O)c1cccs1)c1ccc(C(C)=O)cc1. The van der Waals surface area contributed by atoms with Crippen molar-refractivity contribution in [3.63, 3.8) is 0 Å². The average molecular weight is 520 g/mol. The zero-order chi connectivity index (χ0) is 27.2. The summed E-state index contributed by atoms with van der Waals surface area (Å²) in [5, 5.41) is 7.53. The minimum atomic E-state index is -0.999. The van der Waals surface area contributed by atoms with Crippen LogP contribution in [0.15, 0.2) is 66.0 Å². The monoisotopic (exact) mass is 519 g/mol. The third kappa shape index (κ3) is 7.13. The lowest BCUT2D eigenvalue weighted by molar-refractivity contribution is -0.127. The van der Waals surface area contributed by atoms with Crippen molar-refractivity contribution in [3.8, 4) is 0 Å². The Bertz CT molecular complexity index is 1250. The summed E-state index contributed by atoms with van der Waals surface area (Å²) in [6, 6.07) is 16.4. The van der Waals surface area contributed by atoms with Gasteiger partial charge in [-0.2, -0.15) is 0 Å². The van der Waals surface area contributed by atoms with E-state index in [0.717, 1.165) is 5.56 Å². The molecule has 194 valence electrons. The molecule has 1 aromatic heterocycles. The normalized spacial score (nSPS) is 11.9. The van der Waals surface area contributed by atoms with E-state index in [9.17, 15) is 19.2 Å². The van der Waals surface area contributed by atoms with Crippen LogP contribution in [-0.4, -0.2) is 35.6 Å². The maximum Gasteiger partial charge on any atom is 0.261 e. The average Bonchev–Trinajstić information content (AvgIpc) is 3.41. The highest BCUT2D eigenvalue weighted by molar-refractivity contribution is 7.12. The molecule has 0 spiro atoms. The van der Waals surface area contributed by atoms with E-state index in [4.69, 9.17) is 0 Å². The predicted molar refractivity (Wildman–Crippen MR) is 147 cm³/mol. The second-order valence-electron chi connectivity index (χ2n) is 9.57. The molecule has 0 aliphatic rings. The highest BCUT2D eigenvalue weighted by atomic mass is 32.1. The van der Waals surface area contributed by atoms with Gasteiger partial charge in [0.25, 0.3) is 5.91 Å². The standard InChI is InChI=1S/C29H33N3O4S/c1-6-29(4,5)31-28(36)26(22-11-9-19(2)10-12-22)32(23-15-13-21(14-16-23)20(3)33)25(34)18-30-27(35)24-8-7-17-37-24/h7-17,26H,6,18H2,1-5H3,(H,30,35)(H,31,36)/t26-/m1/s1. The van der Waals surface area contributed by atoms with Crippen LogP contribution in [0.4, 0.5) is 5.69 Å². The lowest BCUT2D eigenvalue weighted by atomic mass is 9.97. The van der Waals surface area contributed by atoms with Crippen molar-refractivity contribution in [1.29, 1.82) is 0 Å². The van der Waals surface area contributed by atoms with Crippen molar-refractivity contribution < 1.29 is 19.2 Å². The van der Waals surface area contributed by atoms with E-state index >= 15 is 0 Å². The number of benzene rings is 2. The maximum atomic E-state index is 13.8. The van der Waals surface area contributed by atoms with Gasteiger partial charge in [-0.1, -0.05) is 42.8 Å². The first-order valence-electron chi connectivity index (χ1n) is 12.2. The third-order valence-electron chi connectivity index (χ3n) is 6.21. The van der Waals surface area contributed by atoms with Gasteiger partial charge in [-0.15, -0.1) is 11.3 Å². The van der Waals surface area contributed by atoms with Crippen LogP contribution >= 0.6 is 11.3 Å². The summed E-state index contributed by atoms with van der Waals surface area (Å²) in [5.74, 6) is -1.27. The summed E-state index contributed by atoms with van der Waals surface area (Å²) >= 11 is 1.28. The molecule has 2 N–H and O–H groups in total. The first-order chi connectivity index (χ1) is 17.5. The van der Waals surface area contributed by atoms with Gasteiger partial charge in [0.15, 0.2) is 5.78 Å². The molecule has 0 saturated heterocycles. The topological polar surface area (TPSA) is 95.6 Å². The van der Waals surface area contributed by atoms with Gasteiger partial charge in [0.05, 0.1) is 11.4 Å². The van der Waals surface area contributed by atoms with Gasteiger partial charge < -0.3 is 10.6 Å². The fourth-order valence-corrected chi connectivity index (χ4v) is 4.33. The van der Waals surface area contributed by atoms with Gasteiger partial charge in [0.2, 0.25) is 11.8 Å². The smallest absolute Gasteiger partial charge is 0.261 e. The summed E-state index contributed by atoms with van der Waals surface area (Å²) in [7, 11) is 0. The number of carbonyl (C=O) groups excluding carboxylic acids is 4. The minimum absolute atomic E-state index is 0.106. The van der Waals surface area contributed by atoms with Crippen LogP contribution in [0.1, 0.15) is 71.3 Å². The van der Waals surface area contributed by atoms with Crippen molar-refractivity contribution in [2.75, 3.05) is 11.4 Å². The number of nitrogens with one attached hydrogen (secondary N) is 2. The summed E-state index contributed by atoms with van der Waals surface area (Å²) < 4.78 is 0. The second-order valence-corrected chi connectivity index (χ2v) is 10.5. The molecule has 7 nitrogen and oxygen atoms in total. The van der Waals surface area contributed by atoms with Gasteiger partial charge in [-0.25, -0.2) is 0 Å². The number of ketones is 1. The Morgan fingerprint density at radius 1 is 0.973 bits per heavy atom. The van der Waals surface area contributed by atoms with E-state index in [1.165, 1.54) is 23.2 Å². The van der Waals surface area contributed by atoms with E-state index in [1.807, 2.05) is 52.0 Å². The van der Waals surface area contributed by atoms with Crippen molar-refractivity contribution >= 4 is 40.5 Å². The Kier molecular flexibility index (Phi) is 8.99. The van der Waals surface area contributed by atoms with E-state index in [1.54, 1.807) is 41.8 Å². The number of Topliss-reactive ketones (excluding diaryl/α,β-unsaturated/α-hetero) is 1. The zero-order valence-corrected chi connectivity index (χ0v) is 22.6. The molecule has 2 aromatic carbocycles. The number of thiophene rings is 1. The number of hydrogen-bond acceptors (Lipinski definition) is 5. The summed E-state index contributed by atoms with van der Waals surface area (Å²) in [6.45, 7) is 8.93. The fraction of sp³-hybridized carbons (Fsp3) is 0.310. The second kappa shape index (κ2) is 12.0. The lowest BCUT2D eigenvalue weighted by Crippen LogP contribution is -2.52. The van der Waals surface area contributed by atoms with Crippen LogP contribution < -0.4 is 15.5 Å². The molecule has 0 saturated carbocycles. The molecular weight excluding hydrogens is 486 g/mol. The van der Waals surface area contributed by atoms with Crippen LogP contribution in [0.3, 0.4) is 0 Å². The van der Waals surface area contributed by atoms with Crippen molar-refractivity contribution in [3.05, 3.63) is 87.6 Å². The van der Waals surface area contributed by atoms with E-state index < -0.39 is 17.5 Å². The third-order valence-corrected chi connectivity index (χ3v) is 7.08. The molecule has 3 rings (SSSR count). The van der Waals surface area contributed by atoms with Crippen LogP contribution in [0.2, 0.25) is 0 Å². The van der Waals surface area contributed by atoms with Gasteiger partial charge in [-0.3, -0.25) is 24.1 Å². The van der Waals surface area contributed by atoms with Crippen LogP contribution in [0.25, 0.3) is 0 Å². The molecule has 3 aromatic rings. The number of aryl methyl sites for hydroxylation is 1. The molecule has 1 atom stereocenters. The van der Waals surface area contributed by atoms with Crippen LogP contribution in [-0.2, 0) is 9.59 Å². The van der Waals surface area contributed by atoms with E-state index in [-0.39, 0.29) is 24.1 Å². The van der Waals surface area contributed by atoms with Crippen molar-refractivity contribution in [1.82, 2.24) is 10.6 Å². The Morgan fingerprint density at radius 2 is 1.62 bits per heavy atom. The molecule has 0 radical (unpaired) electrons.